The molecule has 112 valence electrons. The normalized spacial score (nSPS) is 11.2. The summed E-state index contributed by atoms with van der Waals surface area (Å²) in [5, 5.41) is 7.67. The summed E-state index contributed by atoms with van der Waals surface area (Å²) in [6, 6.07) is 25.9. The zero-order valence-corrected chi connectivity index (χ0v) is 15.6. The van der Waals surface area contributed by atoms with Gasteiger partial charge >= 0.3 is 0 Å². The van der Waals surface area contributed by atoms with Crippen LogP contribution in [0.3, 0.4) is 0 Å². The average molecular weight is 350 g/mol. The van der Waals surface area contributed by atoms with Crippen molar-refractivity contribution in [2.24, 2.45) is 0 Å². The Morgan fingerprint density at radius 3 is 1.43 bits per heavy atom. The maximum atomic E-state index is 2.88. The predicted octanol–water partition coefficient (Wildman–Crippen LogP) is 5.15. The summed E-state index contributed by atoms with van der Waals surface area (Å²) >= 11 is 1.86. The van der Waals surface area contributed by atoms with Crippen LogP contribution in [0.25, 0.3) is 21.5 Å². The molecule has 3 heteroatoms. The van der Waals surface area contributed by atoms with Gasteiger partial charge in [0.05, 0.1) is 0 Å². The fraction of sp³-hybridized carbons (Fsp3) is 0. The van der Waals surface area contributed by atoms with E-state index in [0.717, 1.165) is 0 Å². The summed E-state index contributed by atoms with van der Waals surface area (Å²) in [5.74, 6) is 0. The van der Waals surface area contributed by atoms with E-state index in [1.807, 2.05) is 11.8 Å². The predicted molar refractivity (Wildman–Crippen MR) is 111 cm³/mol. The SMILES string of the molecule is Pc1ccc2ccccc2c1Sc1c(P)ccc2ccccc12. The number of benzene rings is 4. The van der Waals surface area contributed by atoms with E-state index in [0.29, 0.717) is 0 Å². The molecule has 0 fully saturated rings. The van der Waals surface area contributed by atoms with Crippen LogP contribution in [-0.2, 0) is 0 Å². The summed E-state index contributed by atoms with van der Waals surface area (Å²) in [6.45, 7) is 0. The largest absolute Gasteiger partial charge is 0.104 e. The van der Waals surface area contributed by atoms with Gasteiger partial charge in [0.2, 0.25) is 0 Å². The van der Waals surface area contributed by atoms with Crippen molar-refractivity contribution in [3.8, 4) is 0 Å². The highest BCUT2D eigenvalue weighted by molar-refractivity contribution is 8.00. The second kappa shape index (κ2) is 6.25. The smallest absolute Gasteiger partial charge is 0.0272 e. The lowest BCUT2D eigenvalue weighted by Gasteiger charge is -2.13. The van der Waals surface area contributed by atoms with Crippen LogP contribution in [0, 0.1) is 0 Å². The maximum Gasteiger partial charge on any atom is 0.0272 e. The van der Waals surface area contributed by atoms with E-state index in [1.165, 1.54) is 41.9 Å². The topological polar surface area (TPSA) is 0 Å². The molecular formula is C20H16P2S. The molecule has 4 aromatic rings. The Kier molecular flexibility index (Phi) is 4.12. The van der Waals surface area contributed by atoms with Gasteiger partial charge in [0.1, 0.15) is 0 Å². The summed E-state index contributed by atoms with van der Waals surface area (Å²) < 4.78 is 0. The quantitative estimate of drug-likeness (QED) is 0.451. The minimum atomic E-state index is 1.24. The van der Waals surface area contributed by atoms with Gasteiger partial charge in [-0.25, -0.2) is 0 Å². The minimum absolute atomic E-state index is 1.24. The highest BCUT2D eigenvalue weighted by Crippen LogP contribution is 2.36. The molecule has 4 rings (SSSR count). The van der Waals surface area contributed by atoms with Crippen molar-refractivity contribution in [2.45, 2.75) is 9.79 Å². The molecule has 0 aliphatic heterocycles. The van der Waals surface area contributed by atoms with Crippen molar-refractivity contribution in [3.05, 3.63) is 72.8 Å². The van der Waals surface area contributed by atoms with Crippen LogP contribution in [0.15, 0.2) is 82.6 Å². The number of rotatable bonds is 2. The molecule has 2 unspecified atom stereocenters. The Morgan fingerprint density at radius 2 is 0.957 bits per heavy atom. The zero-order chi connectivity index (χ0) is 15.8. The van der Waals surface area contributed by atoms with Crippen molar-refractivity contribution in [1.82, 2.24) is 0 Å². The highest BCUT2D eigenvalue weighted by atomic mass is 32.2. The molecule has 0 amide bonds. The summed E-state index contributed by atoms with van der Waals surface area (Å²) in [7, 11) is 5.76. The van der Waals surface area contributed by atoms with Gasteiger partial charge in [-0.2, -0.15) is 0 Å². The molecule has 4 aromatic carbocycles. The van der Waals surface area contributed by atoms with E-state index in [2.05, 4.69) is 91.3 Å². The Balaban J connectivity index is 1.95. The van der Waals surface area contributed by atoms with Gasteiger partial charge in [0.15, 0.2) is 0 Å². The number of hydrogen-bond donors (Lipinski definition) is 0. The first-order chi connectivity index (χ1) is 11.2. The third-order valence-electron chi connectivity index (χ3n) is 4.02. The molecule has 0 bridgehead atoms. The molecule has 0 nitrogen and oxygen atoms in total. The van der Waals surface area contributed by atoms with E-state index in [9.17, 15) is 0 Å². The zero-order valence-electron chi connectivity index (χ0n) is 12.5. The van der Waals surface area contributed by atoms with E-state index < -0.39 is 0 Å². The summed E-state index contributed by atoms with van der Waals surface area (Å²) in [4.78, 5) is 2.63. The third-order valence-corrected chi connectivity index (χ3v) is 6.72. The van der Waals surface area contributed by atoms with Crippen LogP contribution in [0.4, 0.5) is 0 Å². The average Bonchev–Trinajstić information content (AvgIpc) is 2.59. The Morgan fingerprint density at radius 1 is 0.522 bits per heavy atom. The van der Waals surface area contributed by atoms with Gasteiger partial charge < -0.3 is 0 Å². The molecule has 2 atom stereocenters. The summed E-state index contributed by atoms with van der Waals surface area (Å²) in [5.41, 5.74) is 0. The highest BCUT2D eigenvalue weighted by Gasteiger charge is 2.11. The number of hydrogen-bond acceptors (Lipinski definition) is 1. The van der Waals surface area contributed by atoms with E-state index in [-0.39, 0.29) is 0 Å². The molecule has 0 aliphatic rings. The van der Waals surface area contributed by atoms with Crippen LogP contribution in [0.5, 0.6) is 0 Å². The van der Waals surface area contributed by atoms with Crippen LogP contribution in [0.2, 0.25) is 0 Å². The molecule has 0 radical (unpaired) electrons. The van der Waals surface area contributed by atoms with Crippen molar-refractivity contribution in [3.63, 3.8) is 0 Å². The molecule has 0 N–H and O–H groups in total. The first-order valence-corrected chi connectivity index (χ1v) is 9.43. The van der Waals surface area contributed by atoms with Crippen molar-refractivity contribution in [2.75, 3.05) is 0 Å². The lowest BCUT2D eigenvalue weighted by molar-refractivity contribution is 1.56. The Bertz CT molecular complexity index is 941. The molecule has 0 saturated heterocycles. The molecule has 23 heavy (non-hydrogen) atoms. The standard InChI is InChI=1S/C20H16P2S/c21-17-11-9-13-5-1-3-7-15(13)19(17)23-20-16-8-4-2-6-14(16)10-12-18(20)22/h1-12H,21-22H2. The molecule has 0 heterocycles. The third kappa shape index (κ3) is 2.79. The van der Waals surface area contributed by atoms with E-state index >= 15 is 0 Å². The van der Waals surface area contributed by atoms with Crippen LogP contribution < -0.4 is 10.6 Å². The van der Waals surface area contributed by atoms with Gasteiger partial charge in [-0.05, 0) is 32.2 Å². The van der Waals surface area contributed by atoms with Crippen LogP contribution >= 0.6 is 30.2 Å². The van der Waals surface area contributed by atoms with Gasteiger partial charge in [0, 0.05) is 9.79 Å². The monoisotopic (exact) mass is 350 g/mol. The van der Waals surface area contributed by atoms with Crippen molar-refractivity contribution < 1.29 is 0 Å². The van der Waals surface area contributed by atoms with Crippen molar-refractivity contribution >= 4 is 62.4 Å². The van der Waals surface area contributed by atoms with Crippen molar-refractivity contribution in [1.29, 1.82) is 0 Å². The van der Waals surface area contributed by atoms with E-state index in [4.69, 9.17) is 0 Å². The van der Waals surface area contributed by atoms with Gasteiger partial charge in [-0.3, -0.25) is 0 Å². The summed E-state index contributed by atoms with van der Waals surface area (Å²) in [6.07, 6.45) is 0. The molecular weight excluding hydrogens is 334 g/mol. The Labute approximate surface area is 145 Å². The molecule has 0 saturated carbocycles. The van der Waals surface area contributed by atoms with Gasteiger partial charge in [-0.15, -0.1) is 18.5 Å². The fourth-order valence-corrected chi connectivity index (χ4v) is 4.87. The van der Waals surface area contributed by atoms with Gasteiger partial charge in [-0.1, -0.05) is 84.6 Å². The Hall–Kier alpha value is -1.39. The van der Waals surface area contributed by atoms with Crippen LogP contribution in [0.1, 0.15) is 0 Å². The molecule has 0 spiro atoms. The fourth-order valence-electron chi connectivity index (χ4n) is 2.85. The lowest BCUT2D eigenvalue weighted by atomic mass is 10.1. The maximum absolute atomic E-state index is 2.88. The first-order valence-electron chi connectivity index (χ1n) is 7.46. The van der Waals surface area contributed by atoms with Crippen LogP contribution in [-0.4, -0.2) is 0 Å². The number of fused-ring (bicyclic) bond motifs is 2. The van der Waals surface area contributed by atoms with Gasteiger partial charge in [0.25, 0.3) is 0 Å². The second-order valence-electron chi connectivity index (χ2n) is 5.51. The molecule has 0 aliphatic carbocycles. The second-order valence-corrected chi connectivity index (χ2v) is 7.78. The minimum Gasteiger partial charge on any atom is -0.104 e. The molecule has 0 aromatic heterocycles. The first kappa shape index (κ1) is 15.2. The lowest BCUT2D eigenvalue weighted by Crippen LogP contribution is -2.01. The van der Waals surface area contributed by atoms with E-state index in [1.54, 1.807) is 0 Å².